The molecule has 2 atom stereocenters. The molecule has 4 aliphatic heterocycles. The molecule has 4 aliphatic rings. The second kappa shape index (κ2) is 9.72. The summed E-state index contributed by atoms with van der Waals surface area (Å²) >= 11 is 0. The maximum Gasteiger partial charge on any atom is 0.413 e. The van der Waals surface area contributed by atoms with Crippen molar-refractivity contribution in [3.8, 4) is 17.0 Å². The van der Waals surface area contributed by atoms with E-state index >= 15 is 4.39 Å². The molecule has 0 radical (unpaired) electrons. The number of amides is 1. The highest BCUT2D eigenvalue weighted by molar-refractivity contribution is 6.00. The molecule has 1 aromatic carbocycles. The van der Waals surface area contributed by atoms with Crippen LogP contribution in [0.4, 0.5) is 26.4 Å². The Balaban J connectivity index is 1.28. The second-order valence-corrected chi connectivity index (χ2v) is 11.0. The number of benzene rings is 1. The lowest BCUT2D eigenvalue weighted by molar-refractivity contribution is -0.119. The van der Waals surface area contributed by atoms with Crippen molar-refractivity contribution in [2.45, 2.75) is 19.0 Å². The van der Waals surface area contributed by atoms with Crippen LogP contribution in [0, 0.1) is 24.6 Å². The molecule has 4 N–H and O–H groups in total. The van der Waals surface area contributed by atoms with Crippen molar-refractivity contribution in [1.29, 1.82) is 0 Å². The molecule has 11 nitrogen and oxygen atoms in total. The SMILES string of the molecule is Cc1c(-c2cc3cc(N(C(=O)O)C4C5COCC4CN(C4COC4)C5)ncc3c(N)c2F)cnc2c1NCCO2. The first-order chi connectivity index (χ1) is 19.4. The van der Waals surface area contributed by atoms with Crippen molar-refractivity contribution in [3.05, 3.63) is 35.9 Å². The third kappa shape index (κ3) is 4.01. The summed E-state index contributed by atoms with van der Waals surface area (Å²) in [4.78, 5) is 25.4. The molecule has 2 bridgehead atoms. The normalized spacial score (nSPS) is 24.5. The van der Waals surface area contributed by atoms with Gasteiger partial charge in [0.25, 0.3) is 0 Å². The average molecular weight is 551 g/mol. The molecular formula is C28H31FN6O5. The van der Waals surface area contributed by atoms with E-state index in [4.69, 9.17) is 19.9 Å². The van der Waals surface area contributed by atoms with Crippen LogP contribution in [0.2, 0.25) is 0 Å². The summed E-state index contributed by atoms with van der Waals surface area (Å²) in [6.07, 6.45) is 1.97. The van der Waals surface area contributed by atoms with Crippen LogP contribution in [-0.2, 0) is 9.47 Å². The van der Waals surface area contributed by atoms with E-state index in [-0.39, 0.29) is 34.9 Å². The minimum atomic E-state index is -1.08. The van der Waals surface area contributed by atoms with Crippen LogP contribution in [0.25, 0.3) is 21.9 Å². The van der Waals surface area contributed by atoms with E-state index in [1.54, 1.807) is 18.3 Å². The Morgan fingerprint density at radius 3 is 2.58 bits per heavy atom. The van der Waals surface area contributed by atoms with E-state index in [2.05, 4.69) is 20.2 Å². The number of nitrogen functional groups attached to an aromatic ring is 1. The van der Waals surface area contributed by atoms with Gasteiger partial charge in [0.15, 0.2) is 5.82 Å². The first kappa shape index (κ1) is 25.2. The van der Waals surface area contributed by atoms with E-state index in [1.807, 2.05) is 6.92 Å². The summed E-state index contributed by atoms with van der Waals surface area (Å²) in [5.41, 5.74) is 8.61. The van der Waals surface area contributed by atoms with Crippen LogP contribution in [0.15, 0.2) is 24.5 Å². The minimum absolute atomic E-state index is 0.00511. The molecule has 6 heterocycles. The van der Waals surface area contributed by atoms with Crippen molar-refractivity contribution < 1.29 is 28.5 Å². The van der Waals surface area contributed by atoms with Gasteiger partial charge < -0.3 is 30.4 Å². The second-order valence-electron chi connectivity index (χ2n) is 11.0. The van der Waals surface area contributed by atoms with E-state index in [0.29, 0.717) is 67.8 Å². The molecule has 2 unspecified atom stereocenters. The highest BCUT2D eigenvalue weighted by Crippen LogP contribution is 2.41. The van der Waals surface area contributed by atoms with E-state index < -0.39 is 11.9 Å². The van der Waals surface area contributed by atoms with Gasteiger partial charge in [-0.1, -0.05) is 0 Å². The number of anilines is 3. The number of ether oxygens (including phenoxy) is 3. The number of nitrogens with two attached hydrogens (primary N) is 1. The first-order valence-corrected chi connectivity index (χ1v) is 13.6. The van der Waals surface area contributed by atoms with E-state index in [9.17, 15) is 9.90 Å². The van der Waals surface area contributed by atoms with Crippen LogP contribution in [-0.4, -0.2) is 90.8 Å². The maximum absolute atomic E-state index is 15.6. The summed E-state index contributed by atoms with van der Waals surface area (Å²) in [5.74, 6) is 0.187. The number of rotatable bonds is 4. The number of nitrogens with one attached hydrogen (secondary N) is 1. The first-order valence-electron chi connectivity index (χ1n) is 13.6. The van der Waals surface area contributed by atoms with Gasteiger partial charge in [0.2, 0.25) is 5.88 Å². The lowest BCUT2D eigenvalue weighted by Gasteiger charge is -2.52. The number of pyridine rings is 2. The lowest BCUT2D eigenvalue weighted by Crippen LogP contribution is -2.66. The lowest BCUT2D eigenvalue weighted by atomic mass is 9.80. The number of hydrogen-bond donors (Lipinski definition) is 3. The molecule has 7 rings (SSSR count). The van der Waals surface area contributed by atoms with Crippen molar-refractivity contribution in [2.24, 2.45) is 11.8 Å². The number of likely N-dealkylation sites (tertiary alicyclic amines) is 1. The van der Waals surface area contributed by atoms with Crippen molar-refractivity contribution in [1.82, 2.24) is 14.9 Å². The van der Waals surface area contributed by atoms with Gasteiger partial charge in [-0.3, -0.25) is 9.80 Å². The summed E-state index contributed by atoms with van der Waals surface area (Å²) in [5, 5.41) is 14.7. The zero-order valence-electron chi connectivity index (χ0n) is 22.1. The van der Waals surface area contributed by atoms with Gasteiger partial charge in [-0.15, -0.1) is 0 Å². The highest BCUT2D eigenvalue weighted by atomic mass is 19.1. The summed E-state index contributed by atoms with van der Waals surface area (Å²) in [6.45, 7) is 6.86. The molecule has 3 aromatic rings. The number of aromatic nitrogens is 2. The summed E-state index contributed by atoms with van der Waals surface area (Å²) < 4.78 is 32.5. The van der Waals surface area contributed by atoms with Gasteiger partial charge in [-0.2, -0.15) is 0 Å². The van der Waals surface area contributed by atoms with Crippen LogP contribution < -0.4 is 20.7 Å². The minimum Gasteiger partial charge on any atom is -0.474 e. The van der Waals surface area contributed by atoms with Gasteiger partial charge in [-0.05, 0) is 30.0 Å². The number of halogens is 1. The van der Waals surface area contributed by atoms with Gasteiger partial charge >= 0.3 is 6.09 Å². The van der Waals surface area contributed by atoms with Crippen LogP contribution in [0.1, 0.15) is 5.56 Å². The quantitative estimate of drug-likeness (QED) is 0.416. The Morgan fingerprint density at radius 1 is 1.12 bits per heavy atom. The molecular weight excluding hydrogens is 519 g/mol. The van der Waals surface area contributed by atoms with Crippen LogP contribution in [0.5, 0.6) is 5.88 Å². The largest absolute Gasteiger partial charge is 0.474 e. The molecule has 2 aromatic heterocycles. The van der Waals surface area contributed by atoms with Crippen molar-refractivity contribution in [2.75, 3.05) is 68.6 Å². The van der Waals surface area contributed by atoms with Crippen molar-refractivity contribution >= 4 is 34.1 Å². The number of fused-ring (bicyclic) bond motifs is 4. The van der Waals surface area contributed by atoms with Crippen LogP contribution in [0.3, 0.4) is 0 Å². The molecule has 3 saturated heterocycles. The molecule has 12 heteroatoms. The molecule has 210 valence electrons. The predicted molar refractivity (Wildman–Crippen MR) is 146 cm³/mol. The molecule has 1 amide bonds. The molecule has 40 heavy (non-hydrogen) atoms. The standard InChI is InChI=1S/C28H31FN6O5/c1-14-20(6-33-27-25(14)31-2-3-40-27)19-4-15-5-22(32-7-21(15)24(30)23(19)29)35(28(36)37)26-16-8-34(18-12-39-13-18)9-17(26)11-38-10-16/h4-7,16-18,26,31H,2-3,8-13,30H2,1H3,(H,36,37). The zero-order chi connectivity index (χ0) is 27.5. The topological polar surface area (TPSA) is 135 Å². The van der Waals surface area contributed by atoms with Gasteiger partial charge in [0, 0.05) is 60.4 Å². The Labute approximate surface area is 230 Å². The van der Waals surface area contributed by atoms with Crippen molar-refractivity contribution in [3.63, 3.8) is 0 Å². The monoisotopic (exact) mass is 550 g/mol. The molecule has 0 aliphatic carbocycles. The zero-order valence-corrected chi connectivity index (χ0v) is 22.1. The van der Waals surface area contributed by atoms with E-state index in [0.717, 1.165) is 24.3 Å². The van der Waals surface area contributed by atoms with Gasteiger partial charge in [0.1, 0.15) is 18.1 Å². The molecule has 0 saturated carbocycles. The van der Waals surface area contributed by atoms with Crippen LogP contribution >= 0.6 is 0 Å². The Bertz CT molecular complexity index is 1490. The third-order valence-electron chi connectivity index (χ3n) is 8.68. The van der Waals surface area contributed by atoms with Gasteiger partial charge in [0.05, 0.1) is 44.2 Å². The third-order valence-corrected chi connectivity index (χ3v) is 8.68. The predicted octanol–water partition coefficient (Wildman–Crippen LogP) is 2.96. The average Bonchev–Trinajstić information content (AvgIpc) is 2.90. The fourth-order valence-corrected chi connectivity index (χ4v) is 6.59. The molecule has 3 fully saturated rings. The summed E-state index contributed by atoms with van der Waals surface area (Å²) in [6, 6.07) is 3.47. The maximum atomic E-state index is 15.6. The Morgan fingerprint density at radius 2 is 1.88 bits per heavy atom. The fourth-order valence-electron chi connectivity index (χ4n) is 6.59. The highest BCUT2D eigenvalue weighted by Gasteiger charge is 2.48. The number of hydrogen-bond acceptors (Lipinski definition) is 9. The van der Waals surface area contributed by atoms with Gasteiger partial charge in [-0.25, -0.2) is 19.2 Å². The number of piperidine rings is 1. The molecule has 0 spiro atoms. The number of carbonyl (C=O) groups is 1. The van der Waals surface area contributed by atoms with E-state index in [1.165, 1.54) is 11.1 Å². The number of carboxylic acid groups (broad SMARTS) is 1. The summed E-state index contributed by atoms with van der Waals surface area (Å²) in [7, 11) is 0. The Kier molecular flexibility index (Phi) is 6.13. The fraction of sp³-hybridized carbons (Fsp3) is 0.464. The smallest absolute Gasteiger partial charge is 0.413 e. The number of nitrogens with zero attached hydrogens (tertiary/aromatic N) is 4. The Hall–Kier alpha value is -3.74.